The third kappa shape index (κ3) is 3.27. The molecule has 0 saturated heterocycles. The summed E-state index contributed by atoms with van der Waals surface area (Å²) >= 11 is 0. The maximum atomic E-state index is 13.8. The molecule has 9 atom stereocenters. The van der Waals surface area contributed by atoms with Gasteiger partial charge in [-0.15, -0.1) is 0 Å². The Kier molecular flexibility index (Phi) is 5.55. The summed E-state index contributed by atoms with van der Waals surface area (Å²) in [6.07, 6.45) is 5.79. The molecule has 4 aliphatic rings. The number of carbonyl (C=O) groups is 3. The third-order valence-electron chi connectivity index (χ3n) is 9.85. The lowest BCUT2D eigenvalue weighted by molar-refractivity contribution is -0.231. The molecule has 0 aromatic carbocycles. The van der Waals surface area contributed by atoms with Crippen LogP contribution >= 0.6 is 0 Å². The summed E-state index contributed by atoms with van der Waals surface area (Å²) < 4.78 is 11.0. The van der Waals surface area contributed by atoms with Crippen molar-refractivity contribution in [2.75, 3.05) is 0 Å². The Morgan fingerprint density at radius 1 is 1.03 bits per heavy atom. The van der Waals surface area contributed by atoms with Crippen LogP contribution in [0.2, 0.25) is 0 Å². The van der Waals surface area contributed by atoms with Gasteiger partial charge in [0.15, 0.2) is 5.78 Å². The first-order chi connectivity index (χ1) is 14.4. The van der Waals surface area contributed by atoms with Crippen LogP contribution in [-0.2, 0) is 23.9 Å². The van der Waals surface area contributed by atoms with E-state index in [0.29, 0.717) is 19.3 Å². The molecule has 4 fully saturated rings. The van der Waals surface area contributed by atoms with Crippen molar-refractivity contribution in [2.45, 2.75) is 104 Å². The zero-order valence-corrected chi connectivity index (χ0v) is 19.6. The van der Waals surface area contributed by atoms with Gasteiger partial charge in [0, 0.05) is 31.6 Å². The molecule has 0 radical (unpaired) electrons. The molecule has 4 aliphatic carbocycles. The van der Waals surface area contributed by atoms with Crippen LogP contribution in [0.1, 0.15) is 86.0 Å². The number of rotatable bonds is 3. The Bertz CT molecular complexity index is 778. The highest BCUT2D eigenvalue weighted by Gasteiger charge is 2.71. The minimum absolute atomic E-state index is 0.0312. The highest BCUT2D eigenvalue weighted by molar-refractivity contribution is 5.90. The van der Waals surface area contributed by atoms with Gasteiger partial charge in [-0.1, -0.05) is 13.8 Å². The van der Waals surface area contributed by atoms with E-state index < -0.39 is 11.0 Å². The van der Waals surface area contributed by atoms with E-state index in [1.807, 2.05) is 6.92 Å². The molecule has 0 amide bonds. The van der Waals surface area contributed by atoms with E-state index in [0.717, 1.165) is 32.1 Å². The first kappa shape index (κ1) is 22.8. The number of Topliss-reactive ketones (excluding diaryl/α,β-unsaturated/α-hetero) is 1. The maximum absolute atomic E-state index is 13.8. The Morgan fingerprint density at radius 3 is 2.35 bits per heavy atom. The highest BCUT2D eigenvalue weighted by atomic mass is 16.5. The largest absolute Gasteiger partial charge is 0.463 e. The predicted octanol–water partition coefficient (Wildman–Crippen LogP) is 3.82. The normalized spacial score (nSPS) is 47.5. The van der Waals surface area contributed by atoms with Gasteiger partial charge in [-0.25, -0.2) is 0 Å². The monoisotopic (exact) mass is 434 g/mol. The average Bonchev–Trinajstić information content (AvgIpc) is 2.99. The number of hydrogen-bond acceptors (Lipinski definition) is 6. The lowest BCUT2D eigenvalue weighted by Crippen LogP contribution is -2.70. The number of esters is 2. The minimum Gasteiger partial charge on any atom is -0.463 e. The van der Waals surface area contributed by atoms with Crippen LogP contribution in [0.3, 0.4) is 0 Å². The Balaban J connectivity index is 1.62. The second-order valence-corrected chi connectivity index (χ2v) is 11.3. The van der Waals surface area contributed by atoms with Gasteiger partial charge >= 0.3 is 11.9 Å². The van der Waals surface area contributed by atoms with Crippen LogP contribution in [0, 0.1) is 34.5 Å². The van der Waals surface area contributed by atoms with Gasteiger partial charge in [-0.3, -0.25) is 14.4 Å². The summed E-state index contributed by atoms with van der Waals surface area (Å²) in [7, 11) is 0. The molecule has 174 valence electrons. The van der Waals surface area contributed by atoms with Gasteiger partial charge in [-0.2, -0.15) is 0 Å². The predicted molar refractivity (Wildman–Crippen MR) is 114 cm³/mol. The Hall–Kier alpha value is -1.43. The molecule has 0 spiro atoms. The molecule has 7 unspecified atom stereocenters. The van der Waals surface area contributed by atoms with E-state index in [2.05, 4.69) is 13.8 Å². The van der Waals surface area contributed by atoms with Gasteiger partial charge in [0.1, 0.15) is 17.8 Å². The molecular weight excluding hydrogens is 396 g/mol. The van der Waals surface area contributed by atoms with Crippen molar-refractivity contribution >= 4 is 17.7 Å². The lowest BCUT2D eigenvalue weighted by Gasteiger charge is -2.64. The van der Waals surface area contributed by atoms with E-state index in [4.69, 9.17) is 9.47 Å². The van der Waals surface area contributed by atoms with Crippen molar-refractivity contribution in [3.8, 4) is 0 Å². The number of fused-ring (bicyclic) bond motifs is 5. The molecule has 1 N–H and O–H groups in total. The number of ether oxygens (including phenoxy) is 2. The summed E-state index contributed by atoms with van der Waals surface area (Å²) in [5, 5.41) is 12.2. The first-order valence-electron chi connectivity index (χ1n) is 12.0. The van der Waals surface area contributed by atoms with Gasteiger partial charge in [0.05, 0.1) is 0 Å². The topological polar surface area (TPSA) is 89.9 Å². The van der Waals surface area contributed by atoms with E-state index >= 15 is 0 Å². The van der Waals surface area contributed by atoms with Crippen molar-refractivity contribution in [1.82, 2.24) is 0 Å². The Morgan fingerprint density at radius 2 is 1.71 bits per heavy atom. The molecule has 4 rings (SSSR count). The molecule has 0 aliphatic heterocycles. The smallest absolute Gasteiger partial charge is 0.302 e. The van der Waals surface area contributed by atoms with Crippen molar-refractivity contribution < 1.29 is 29.0 Å². The summed E-state index contributed by atoms with van der Waals surface area (Å²) in [4.78, 5) is 36.8. The molecule has 6 heteroatoms. The molecule has 6 nitrogen and oxygen atoms in total. The summed E-state index contributed by atoms with van der Waals surface area (Å²) in [6.45, 7) is 9.10. The van der Waals surface area contributed by atoms with Gasteiger partial charge < -0.3 is 14.6 Å². The lowest BCUT2D eigenvalue weighted by atomic mass is 9.42. The van der Waals surface area contributed by atoms with Crippen LogP contribution < -0.4 is 0 Å². The molecule has 0 heterocycles. The van der Waals surface area contributed by atoms with Gasteiger partial charge in [-0.05, 0) is 75.0 Å². The molecular formula is C25H38O6. The first-order valence-corrected chi connectivity index (χ1v) is 12.0. The molecule has 31 heavy (non-hydrogen) atoms. The fraction of sp³-hybridized carbons (Fsp3) is 0.880. The SMILES string of the molecule is CC(=O)OC1CCC2(C)[C@@H](CCC3C4CCC(C(C)OC(C)=O)C4(C)CC(=O)[C@@]32O)C1. The Labute approximate surface area is 185 Å². The van der Waals surface area contributed by atoms with Gasteiger partial charge in [0.25, 0.3) is 0 Å². The van der Waals surface area contributed by atoms with Crippen molar-refractivity contribution in [1.29, 1.82) is 0 Å². The zero-order chi connectivity index (χ0) is 22.8. The summed E-state index contributed by atoms with van der Waals surface area (Å²) in [6, 6.07) is 0. The number of carbonyl (C=O) groups excluding carboxylic acids is 3. The molecule has 0 bridgehead atoms. The molecule has 4 saturated carbocycles. The van der Waals surface area contributed by atoms with Crippen LogP contribution in [0.25, 0.3) is 0 Å². The summed E-state index contributed by atoms with van der Waals surface area (Å²) in [5.74, 6) is -0.0593. The fourth-order valence-electron chi connectivity index (χ4n) is 8.48. The summed E-state index contributed by atoms with van der Waals surface area (Å²) in [5.41, 5.74) is -2.05. The quantitative estimate of drug-likeness (QED) is 0.679. The number of ketones is 1. The van der Waals surface area contributed by atoms with E-state index in [-0.39, 0.29) is 59.0 Å². The van der Waals surface area contributed by atoms with E-state index in [1.165, 1.54) is 13.8 Å². The van der Waals surface area contributed by atoms with Gasteiger partial charge in [0.2, 0.25) is 0 Å². The minimum atomic E-state index is -1.32. The highest BCUT2D eigenvalue weighted by Crippen LogP contribution is 2.68. The fourth-order valence-corrected chi connectivity index (χ4v) is 8.48. The van der Waals surface area contributed by atoms with Crippen LogP contribution in [0.4, 0.5) is 0 Å². The molecule has 0 aromatic heterocycles. The van der Waals surface area contributed by atoms with Crippen LogP contribution in [-0.4, -0.2) is 40.6 Å². The van der Waals surface area contributed by atoms with Crippen LogP contribution in [0.5, 0.6) is 0 Å². The second-order valence-electron chi connectivity index (χ2n) is 11.3. The van der Waals surface area contributed by atoms with E-state index in [1.54, 1.807) is 0 Å². The zero-order valence-electron chi connectivity index (χ0n) is 19.6. The molecule has 0 aromatic rings. The van der Waals surface area contributed by atoms with Crippen molar-refractivity contribution in [2.24, 2.45) is 34.5 Å². The number of aliphatic hydroxyl groups is 1. The number of hydrogen-bond donors (Lipinski definition) is 1. The van der Waals surface area contributed by atoms with Crippen LogP contribution in [0.15, 0.2) is 0 Å². The third-order valence-corrected chi connectivity index (χ3v) is 9.85. The van der Waals surface area contributed by atoms with Crippen molar-refractivity contribution in [3.05, 3.63) is 0 Å². The maximum Gasteiger partial charge on any atom is 0.302 e. The van der Waals surface area contributed by atoms with Crippen molar-refractivity contribution in [3.63, 3.8) is 0 Å². The standard InChI is InChI=1S/C25H38O6/c1-14(30-15(2)26)19-8-9-20-21-7-6-17-12-18(31-16(3)27)10-11-24(17,5)25(21,29)22(28)13-23(19,20)4/h14,17-21,29H,6-13H2,1-5H3/t14?,17-,18?,19?,20?,21?,23?,24?,25-/m0/s1. The average molecular weight is 435 g/mol. The second kappa shape index (κ2) is 7.57. The van der Waals surface area contributed by atoms with E-state index in [9.17, 15) is 19.5 Å².